The van der Waals surface area contributed by atoms with E-state index in [1.165, 1.54) is 25.7 Å². The number of nitrogens with zero attached hydrogens (tertiary/aromatic N) is 1. The van der Waals surface area contributed by atoms with Crippen LogP contribution in [0.1, 0.15) is 58.8 Å². The van der Waals surface area contributed by atoms with Crippen molar-refractivity contribution >= 4 is 5.91 Å². The number of carbonyl (C=O) groups excluding carboxylic acids is 1. The van der Waals surface area contributed by atoms with Crippen molar-refractivity contribution < 1.29 is 4.79 Å². The zero-order valence-electron chi connectivity index (χ0n) is 11.9. The van der Waals surface area contributed by atoms with E-state index in [1.807, 2.05) is 0 Å². The Labute approximate surface area is 111 Å². The topological polar surface area (TPSA) is 46.3 Å². The average molecular weight is 252 g/mol. The van der Waals surface area contributed by atoms with Gasteiger partial charge in [0.05, 0.1) is 0 Å². The van der Waals surface area contributed by atoms with Crippen molar-refractivity contribution in [2.45, 2.75) is 70.9 Å². The lowest BCUT2D eigenvalue weighted by atomic mass is 9.79. The molecule has 2 rings (SSSR count). The summed E-state index contributed by atoms with van der Waals surface area (Å²) < 4.78 is 0. The van der Waals surface area contributed by atoms with Gasteiger partial charge in [-0.25, -0.2) is 0 Å². The molecule has 4 atom stereocenters. The van der Waals surface area contributed by atoms with Gasteiger partial charge in [-0.15, -0.1) is 0 Å². The molecule has 0 radical (unpaired) electrons. The Morgan fingerprint density at radius 1 is 1.11 bits per heavy atom. The first-order valence-electron chi connectivity index (χ1n) is 7.64. The minimum Gasteiger partial charge on any atom is -0.340 e. The summed E-state index contributed by atoms with van der Waals surface area (Å²) in [5.74, 6) is 1.17. The molecule has 18 heavy (non-hydrogen) atoms. The second-order valence-electron chi connectivity index (χ2n) is 6.50. The largest absolute Gasteiger partial charge is 0.340 e. The van der Waals surface area contributed by atoms with Gasteiger partial charge in [0.1, 0.15) is 0 Å². The lowest BCUT2D eigenvalue weighted by Crippen LogP contribution is -2.45. The highest BCUT2D eigenvalue weighted by Crippen LogP contribution is 2.31. The van der Waals surface area contributed by atoms with Crippen molar-refractivity contribution in [3.8, 4) is 0 Å². The fourth-order valence-electron chi connectivity index (χ4n) is 3.70. The van der Waals surface area contributed by atoms with Gasteiger partial charge in [0.2, 0.25) is 5.91 Å². The molecule has 1 amide bonds. The van der Waals surface area contributed by atoms with Gasteiger partial charge in [0.25, 0.3) is 0 Å². The molecule has 104 valence electrons. The summed E-state index contributed by atoms with van der Waals surface area (Å²) in [6.45, 7) is 5.39. The Bertz CT molecular complexity index is 282. The van der Waals surface area contributed by atoms with E-state index in [1.54, 1.807) is 0 Å². The molecule has 1 heterocycles. The van der Waals surface area contributed by atoms with Gasteiger partial charge in [-0.2, -0.15) is 0 Å². The van der Waals surface area contributed by atoms with Crippen molar-refractivity contribution in [2.75, 3.05) is 6.54 Å². The van der Waals surface area contributed by atoms with Crippen molar-refractivity contribution in [3.05, 3.63) is 0 Å². The summed E-state index contributed by atoms with van der Waals surface area (Å²) in [5.41, 5.74) is 6.08. The molecule has 3 nitrogen and oxygen atoms in total. The summed E-state index contributed by atoms with van der Waals surface area (Å²) in [5, 5.41) is 0. The molecule has 0 bridgehead atoms. The maximum Gasteiger partial charge on any atom is 0.225 e. The van der Waals surface area contributed by atoms with Gasteiger partial charge in [0, 0.05) is 24.5 Å². The van der Waals surface area contributed by atoms with E-state index in [9.17, 15) is 4.79 Å². The number of amides is 1. The van der Waals surface area contributed by atoms with Gasteiger partial charge in [-0.1, -0.05) is 19.8 Å². The van der Waals surface area contributed by atoms with Crippen LogP contribution in [0.2, 0.25) is 0 Å². The van der Waals surface area contributed by atoms with E-state index in [0.717, 1.165) is 25.8 Å². The molecule has 2 N–H and O–H groups in total. The first-order chi connectivity index (χ1) is 8.58. The van der Waals surface area contributed by atoms with E-state index in [4.69, 9.17) is 5.73 Å². The molecule has 0 aromatic rings. The van der Waals surface area contributed by atoms with E-state index < -0.39 is 0 Å². The predicted molar refractivity (Wildman–Crippen MR) is 74.1 cm³/mol. The monoisotopic (exact) mass is 252 g/mol. The zero-order valence-corrected chi connectivity index (χ0v) is 11.9. The Morgan fingerprint density at radius 2 is 1.89 bits per heavy atom. The molecule has 4 unspecified atom stereocenters. The summed E-state index contributed by atoms with van der Waals surface area (Å²) in [4.78, 5) is 14.8. The first-order valence-corrected chi connectivity index (χ1v) is 7.64. The lowest BCUT2D eigenvalue weighted by molar-refractivity contribution is -0.139. The second-order valence-corrected chi connectivity index (χ2v) is 6.50. The van der Waals surface area contributed by atoms with Crippen LogP contribution in [0, 0.1) is 11.8 Å². The van der Waals surface area contributed by atoms with E-state index in [-0.39, 0.29) is 12.0 Å². The zero-order chi connectivity index (χ0) is 13.1. The molecule has 0 aromatic heterocycles. The number of rotatable bonds is 1. The second kappa shape index (κ2) is 6.05. The van der Waals surface area contributed by atoms with Crippen molar-refractivity contribution in [1.82, 2.24) is 4.90 Å². The van der Waals surface area contributed by atoms with Crippen LogP contribution in [0.25, 0.3) is 0 Å². The lowest BCUT2D eigenvalue weighted by Gasteiger charge is -2.36. The van der Waals surface area contributed by atoms with Gasteiger partial charge in [0.15, 0.2) is 0 Å². The third kappa shape index (κ3) is 3.25. The summed E-state index contributed by atoms with van der Waals surface area (Å²) in [6.07, 6.45) is 7.90. The summed E-state index contributed by atoms with van der Waals surface area (Å²) in [6, 6.07) is 0.651. The smallest absolute Gasteiger partial charge is 0.225 e. The summed E-state index contributed by atoms with van der Waals surface area (Å²) >= 11 is 0. The van der Waals surface area contributed by atoms with Crippen LogP contribution in [0.15, 0.2) is 0 Å². The highest BCUT2D eigenvalue weighted by atomic mass is 16.2. The van der Waals surface area contributed by atoms with Crippen LogP contribution in [0.5, 0.6) is 0 Å². The Kier molecular flexibility index (Phi) is 4.66. The predicted octanol–water partition coefficient (Wildman–Crippen LogP) is 2.54. The maximum absolute atomic E-state index is 12.7. The SMILES string of the molecule is CC1CC(N)CC(C(=O)N2CCCCCC2C)C1. The third-order valence-corrected chi connectivity index (χ3v) is 4.66. The Hall–Kier alpha value is -0.570. The number of likely N-dealkylation sites (tertiary alicyclic amines) is 1. The standard InChI is InChI=1S/C15H28N2O/c1-11-8-13(10-14(16)9-11)15(18)17-7-5-3-4-6-12(17)2/h11-14H,3-10,16H2,1-2H3. The number of hydrogen-bond acceptors (Lipinski definition) is 2. The number of hydrogen-bond donors (Lipinski definition) is 1. The highest BCUT2D eigenvalue weighted by Gasteiger charge is 2.33. The Balaban J connectivity index is 2.00. The first kappa shape index (κ1) is 13.9. The highest BCUT2D eigenvalue weighted by molar-refractivity contribution is 5.79. The fraction of sp³-hybridized carbons (Fsp3) is 0.933. The molecule has 0 aromatic carbocycles. The molecule has 3 heteroatoms. The average Bonchev–Trinajstić information content (AvgIpc) is 2.51. The normalized spacial score (nSPS) is 38.3. The third-order valence-electron chi connectivity index (χ3n) is 4.66. The van der Waals surface area contributed by atoms with Crippen LogP contribution >= 0.6 is 0 Å². The minimum absolute atomic E-state index is 0.185. The molecule has 1 aliphatic heterocycles. The van der Waals surface area contributed by atoms with Crippen LogP contribution < -0.4 is 5.73 Å². The van der Waals surface area contributed by atoms with Gasteiger partial charge < -0.3 is 10.6 Å². The van der Waals surface area contributed by atoms with Gasteiger partial charge >= 0.3 is 0 Å². The molecule has 2 fully saturated rings. The van der Waals surface area contributed by atoms with Crippen LogP contribution in [0.3, 0.4) is 0 Å². The van der Waals surface area contributed by atoms with Gasteiger partial charge in [-0.05, 0) is 44.9 Å². The quantitative estimate of drug-likeness (QED) is 0.779. The van der Waals surface area contributed by atoms with Crippen LogP contribution in [0.4, 0.5) is 0 Å². The molecular formula is C15H28N2O. The van der Waals surface area contributed by atoms with Crippen molar-refractivity contribution in [3.63, 3.8) is 0 Å². The van der Waals surface area contributed by atoms with E-state index >= 15 is 0 Å². The molecule has 1 aliphatic carbocycles. The minimum atomic E-state index is 0.185. The van der Waals surface area contributed by atoms with Crippen molar-refractivity contribution in [1.29, 1.82) is 0 Å². The number of carbonyl (C=O) groups is 1. The van der Waals surface area contributed by atoms with Gasteiger partial charge in [-0.3, -0.25) is 4.79 Å². The molecular weight excluding hydrogens is 224 g/mol. The maximum atomic E-state index is 12.7. The molecule has 1 saturated heterocycles. The summed E-state index contributed by atoms with van der Waals surface area (Å²) in [7, 11) is 0. The van der Waals surface area contributed by atoms with Crippen molar-refractivity contribution in [2.24, 2.45) is 17.6 Å². The molecule has 1 saturated carbocycles. The Morgan fingerprint density at radius 3 is 2.61 bits per heavy atom. The van der Waals surface area contributed by atoms with Crippen LogP contribution in [-0.4, -0.2) is 29.4 Å². The fourth-order valence-corrected chi connectivity index (χ4v) is 3.70. The molecule has 0 spiro atoms. The molecule has 2 aliphatic rings. The van der Waals surface area contributed by atoms with E-state index in [0.29, 0.717) is 17.9 Å². The van der Waals surface area contributed by atoms with E-state index in [2.05, 4.69) is 18.7 Å². The van der Waals surface area contributed by atoms with Crippen LogP contribution in [-0.2, 0) is 4.79 Å². The number of nitrogens with two attached hydrogens (primary N) is 1.